The molecular weight excluding hydrogens is 348 g/mol. The highest BCUT2D eigenvalue weighted by molar-refractivity contribution is 6.22. The second-order valence-corrected chi connectivity index (χ2v) is 7.62. The first-order valence-electron chi connectivity index (χ1n) is 9.12. The molecule has 0 saturated heterocycles. The Morgan fingerprint density at radius 1 is 1.04 bits per heavy atom. The van der Waals surface area contributed by atoms with Crippen LogP contribution in [-0.2, 0) is 9.59 Å². The van der Waals surface area contributed by atoms with Crippen molar-refractivity contribution in [1.82, 2.24) is 10.2 Å². The normalized spacial score (nSPS) is 15.9. The summed E-state index contributed by atoms with van der Waals surface area (Å²) in [6.07, 6.45) is 0.426. The van der Waals surface area contributed by atoms with Crippen molar-refractivity contribution in [2.24, 2.45) is 17.8 Å². The summed E-state index contributed by atoms with van der Waals surface area (Å²) in [6, 6.07) is 5.47. The van der Waals surface area contributed by atoms with Crippen molar-refractivity contribution in [2.45, 2.75) is 40.2 Å². The maximum absolute atomic E-state index is 12.8. The summed E-state index contributed by atoms with van der Waals surface area (Å²) < 4.78 is 0. The molecule has 0 saturated carbocycles. The molecule has 146 valence electrons. The SMILES string of the molecule is CC(C)CC(CNC(=O)C(C(C)C)N1C(=O)c2ccccc2C1=O)C(=O)O. The van der Waals surface area contributed by atoms with E-state index in [-0.39, 0.29) is 29.5 Å². The quantitative estimate of drug-likeness (QED) is 0.679. The van der Waals surface area contributed by atoms with E-state index >= 15 is 0 Å². The summed E-state index contributed by atoms with van der Waals surface area (Å²) in [5.41, 5.74) is 0.563. The number of nitrogens with zero attached hydrogens (tertiary/aromatic N) is 1. The number of carboxylic acid groups (broad SMARTS) is 1. The molecule has 27 heavy (non-hydrogen) atoms. The minimum absolute atomic E-state index is 0.0429. The van der Waals surface area contributed by atoms with Crippen LogP contribution in [0.15, 0.2) is 24.3 Å². The first-order chi connectivity index (χ1) is 12.6. The van der Waals surface area contributed by atoms with Gasteiger partial charge in [0.05, 0.1) is 17.0 Å². The van der Waals surface area contributed by atoms with Crippen LogP contribution in [0, 0.1) is 17.8 Å². The van der Waals surface area contributed by atoms with E-state index in [1.807, 2.05) is 13.8 Å². The lowest BCUT2D eigenvalue weighted by Crippen LogP contribution is -2.53. The van der Waals surface area contributed by atoms with E-state index < -0.39 is 35.7 Å². The zero-order valence-electron chi connectivity index (χ0n) is 16.1. The van der Waals surface area contributed by atoms with Crippen LogP contribution in [0.3, 0.4) is 0 Å². The van der Waals surface area contributed by atoms with Gasteiger partial charge in [-0.15, -0.1) is 0 Å². The summed E-state index contributed by atoms with van der Waals surface area (Å²) in [5.74, 6) is -3.37. The fourth-order valence-corrected chi connectivity index (χ4v) is 3.35. The topological polar surface area (TPSA) is 104 Å². The Kier molecular flexibility index (Phi) is 6.36. The molecule has 1 aliphatic heterocycles. The number of aliphatic carboxylic acids is 1. The van der Waals surface area contributed by atoms with Crippen LogP contribution in [0.2, 0.25) is 0 Å². The molecule has 1 aliphatic rings. The molecule has 7 nitrogen and oxygen atoms in total. The molecule has 2 N–H and O–H groups in total. The van der Waals surface area contributed by atoms with Crippen LogP contribution >= 0.6 is 0 Å². The number of hydrogen-bond acceptors (Lipinski definition) is 4. The Morgan fingerprint density at radius 3 is 1.96 bits per heavy atom. The zero-order chi connectivity index (χ0) is 20.3. The third kappa shape index (κ3) is 4.35. The average Bonchev–Trinajstić information content (AvgIpc) is 2.83. The number of amides is 3. The van der Waals surface area contributed by atoms with Crippen LogP contribution in [0.1, 0.15) is 54.8 Å². The van der Waals surface area contributed by atoms with Gasteiger partial charge in [-0.2, -0.15) is 0 Å². The Morgan fingerprint density at radius 2 is 1.56 bits per heavy atom. The van der Waals surface area contributed by atoms with E-state index in [1.165, 1.54) is 0 Å². The lowest BCUT2D eigenvalue weighted by molar-refractivity contribution is -0.142. The molecule has 1 aromatic rings. The van der Waals surface area contributed by atoms with Gasteiger partial charge in [0.2, 0.25) is 5.91 Å². The number of fused-ring (bicyclic) bond motifs is 1. The molecule has 0 spiro atoms. The first-order valence-corrected chi connectivity index (χ1v) is 9.12. The molecule has 0 fully saturated rings. The van der Waals surface area contributed by atoms with Crippen molar-refractivity contribution >= 4 is 23.7 Å². The molecule has 0 aliphatic carbocycles. The van der Waals surface area contributed by atoms with E-state index in [2.05, 4.69) is 5.32 Å². The third-order valence-electron chi connectivity index (χ3n) is 4.63. The third-order valence-corrected chi connectivity index (χ3v) is 4.63. The average molecular weight is 374 g/mol. The fourth-order valence-electron chi connectivity index (χ4n) is 3.35. The molecule has 0 bridgehead atoms. The number of hydrogen-bond donors (Lipinski definition) is 2. The lowest BCUT2D eigenvalue weighted by atomic mass is 9.96. The van der Waals surface area contributed by atoms with E-state index in [0.29, 0.717) is 6.42 Å². The smallest absolute Gasteiger partial charge is 0.308 e. The molecule has 2 rings (SSSR count). The van der Waals surface area contributed by atoms with E-state index in [9.17, 15) is 24.3 Å². The molecule has 2 unspecified atom stereocenters. The van der Waals surface area contributed by atoms with Gasteiger partial charge in [-0.3, -0.25) is 24.1 Å². The van der Waals surface area contributed by atoms with E-state index in [0.717, 1.165) is 4.90 Å². The number of rotatable bonds is 8. The molecular formula is C20H26N2O5. The highest BCUT2D eigenvalue weighted by Crippen LogP contribution is 2.27. The fraction of sp³-hybridized carbons (Fsp3) is 0.500. The van der Waals surface area contributed by atoms with Gasteiger partial charge in [0.15, 0.2) is 0 Å². The Hall–Kier alpha value is -2.70. The Bertz CT molecular complexity index is 721. The summed E-state index contributed by atoms with van der Waals surface area (Å²) >= 11 is 0. The van der Waals surface area contributed by atoms with E-state index in [1.54, 1.807) is 38.1 Å². The number of carboxylic acids is 1. The van der Waals surface area contributed by atoms with Gasteiger partial charge in [-0.25, -0.2) is 0 Å². The van der Waals surface area contributed by atoms with Crippen molar-refractivity contribution in [2.75, 3.05) is 6.54 Å². The lowest BCUT2D eigenvalue weighted by Gasteiger charge is -2.29. The minimum Gasteiger partial charge on any atom is -0.481 e. The number of nitrogens with one attached hydrogen (secondary N) is 1. The van der Waals surface area contributed by atoms with Gasteiger partial charge in [0.25, 0.3) is 11.8 Å². The van der Waals surface area contributed by atoms with Crippen molar-refractivity contribution in [3.8, 4) is 0 Å². The van der Waals surface area contributed by atoms with Crippen molar-refractivity contribution in [1.29, 1.82) is 0 Å². The summed E-state index contributed by atoms with van der Waals surface area (Å²) in [6.45, 7) is 7.27. The highest BCUT2D eigenvalue weighted by atomic mass is 16.4. The van der Waals surface area contributed by atoms with Gasteiger partial charge in [-0.05, 0) is 30.4 Å². The minimum atomic E-state index is -0.995. The second-order valence-electron chi connectivity index (χ2n) is 7.62. The molecule has 3 amide bonds. The maximum Gasteiger partial charge on any atom is 0.308 e. The standard InChI is InChI=1S/C20H26N2O5/c1-11(2)9-13(20(26)27)10-21-17(23)16(12(3)4)22-18(24)14-7-5-6-8-15(14)19(22)25/h5-8,11-13,16H,9-10H2,1-4H3,(H,21,23)(H,26,27). The molecule has 1 aromatic carbocycles. The number of imide groups is 1. The van der Waals surface area contributed by atoms with Crippen LogP contribution in [0.5, 0.6) is 0 Å². The van der Waals surface area contributed by atoms with Crippen LogP contribution in [-0.4, -0.2) is 46.3 Å². The molecule has 7 heteroatoms. The van der Waals surface area contributed by atoms with Gasteiger partial charge in [0.1, 0.15) is 6.04 Å². The van der Waals surface area contributed by atoms with Crippen molar-refractivity contribution < 1.29 is 24.3 Å². The van der Waals surface area contributed by atoms with Crippen molar-refractivity contribution in [3.63, 3.8) is 0 Å². The molecule has 2 atom stereocenters. The van der Waals surface area contributed by atoms with Crippen LogP contribution < -0.4 is 5.32 Å². The van der Waals surface area contributed by atoms with Crippen LogP contribution in [0.25, 0.3) is 0 Å². The number of benzene rings is 1. The second kappa shape index (κ2) is 8.33. The van der Waals surface area contributed by atoms with E-state index in [4.69, 9.17) is 0 Å². The Labute approximate surface area is 158 Å². The van der Waals surface area contributed by atoms with Gasteiger partial charge < -0.3 is 10.4 Å². The largest absolute Gasteiger partial charge is 0.481 e. The monoisotopic (exact) mass is 374 g/mol. The molecule has 1 heterocycles. The predicted octanol–water partition coefficient (Wildman–Crippen LogP) is 2.17. The molecule has 0 radical (unpaired) electrons. The zero-order valence-corrected chi connectivity index (χ0v) is 16.1. The Balaban J connectivity index is 2.18. The maximum atomic E-state index is 12.8. The van der Waals surface area contributed by atoms with Crippen LogP contribution in [0.4, 0.5) is 0 Å². The predicted molar refractivity (Wildman–Crippen MR) is 99.2 cm³/mol. The summed E-state index contributed by atoms with van der Waals surface area (Å²) in [4.78, 5) is 50.5. The summed E-state index contributed by atoms with van der Waals surface area (Å²) in [7, 11) is 0. The summed E-state index contributed by atoms with van der Waals surface area (Å²) in [5, 5.41) is 12.0. The van der Waals surface area contributed by atoms with Gasteiger partial charge >= 0.3 is 5.97 Å². The number of carbonyl (C=O) groups is 4. The molecule has 0 aromatic heterocycles. The van der Waals surface area contributed by atoms with Crippen molar-refractivity contribution in [3.05, 3.63) is 35.4 Å². The van der Waals surface area contributed by atoms with Gasteiger partial charge in [0, 0.05) is 6.54 Å². The first kappa shape index (κ1) is 20.6. The highest BCUT2D eigenvalue weighted by Gasteiger charge is 2.43. The number of carbonyl (C=O) groups excluding carboxylic acids is 3. The van der Waals surface area contributed by atoms with Gasteiger partial charge in [-0.1, -0.05) is 39.8 Å².